The normalized spacial score (nSPS) is 16.5. The van der Waals surface area contributed by atoms with Crippen molar-refractivity contribution in [3.63, 3.8) is 0 Å². The van der Waals surface area contributed by atoms with Crippen molar-refractivity contribution >= 4 is 11.7 Å². The molecule has 0 aliphatic carbocycles. The minimum atomic E-state index is -0.0930. The van der Waals surface area contributed by atoms with Crippen LogP contribution in [-0.2, 0) is 6.54 Å². The van der Waals surface area contributed by atoms with Crippen LogP contribution in [0.15, 0.2) is 36.8 Å². The molecule has 2 aromatic rings. The van der Waals surface area contributed by atoms with E-state index in [2.05, 4.69) is 20.3 Å². The highest BCUT2D eigenvalue weighted by molar-refractivity contribution is 5.94. The van der Waals surface area contributed by atoms with Crippen molar-refractivity contribution in [3.8, 4) is 0 Å². The molecule has 1 aliphatic rings. The van der Waals surface area contributed by atoms with Gasteiger partial charge in [0.25, 0.3) is 5.91 Å². The second-order valence-corrected chi connectivity index (χ2v) is 6.41. The molecule has 128 valence electrons. The molecule has 1 N–H and O–H groups in total. The predicted molar refractivity (Wildman–Crippen MR) is 94.1 cm³/mol. The number of anilines is 1. The molecular formula is C18H25N5O. The van der Waals surface area contributed by atoms with Crippen LogP contribution in [0.1, 0.15) is 43.0 Å². The van der Waals surface area contributed by atoms with Crippen LogP contribution in [0.25, 0.3) is 0 Å². The number of amides is 1. The zero-order chi connectivity index (χ0) is 16.8. The lowest BCUT2D eigenvalue weighted by molar-refractivity contribution is 0.0935. The summed E-state index contributed by atoms with van der Waals surface area (Å²) in [6.07, 6.45) is 10.3. The molecule has 0 spiro atoms. The Bertz CT molecular complexity index is 630. The molecule has 3 heterocycles. The second kappa shape index (κ2) is 7.95. The lowest BCUT2D eigenvalue weighted by Crippen LogP contribution is -2.36. The van der Waals surface area contributed by atoms with Crippen molar-refractivity contribution in [1.82, 2.24) is 20.1 Å². The molecule has 1 fully saturated rings. The number of nitrogens with one attached hydrogen (secondary N) is 1. The van der Waals surface area contributed by atoms with Crippen molar-refractivity contribution in [1.29, 1.82) is 0 Å². The van der Waals surface area contributed by atoms with Crippen molar-refractivity contribution in [3.05, 3.63) is 42.4 Å². The van der Waals surface area contributed by atoms with E-state index in [9.17, 15) is 4.79 Å². The second-order valence-electron chi connectivity index (χ2n) is 6.41. The fourth-order valence-corrected chi connectivity index (χ4v) is 3.05. The minimum absolute atomic E-state index is 0.00248. The van der Waals surface area contributed by atoms with E-state index in [1.807, 2.05) is 36.0 Å². The summed E-state index contributed by atoms with van der Waals surface area (Å²) in [4.78, 5) is 19.1. The molecule has 6 heteroatoms. The molecule has 0 radical (unpaired) electrons. The van der Waals surface area contributed by atoms with E-state index in [1.54, 1.807) is 12.4 Å². The third-order valence-electron chi connectivity index (χ3n) is 4.34. The van der Waals surface area contributed by atoms with Gasteiger partial charge in [-0.25, -0.2) is 4.98 Å². The average molecular weight is 327 g/mol. The number of pyridine rings is 1. The van der Waals surface area contributed by atoms with Crippen LogP contribution in [-0.4, -0.2) is 39.8 Å². The third-order valence-corrected chi connectivity index (χ3v) is 4.34. The lowest BCUT2D eigenvalue weighted by atomic mass is 10.2. The van der Waals surface area contributed by atoms with Gasteiger partial charge in [0, 0.05) is 37.7 Å². The minimum Gasteiger partial charge on any atom is -0.357 e. The molecule has 1 atom stereocenters. The molecule has 24 heavy (non-hydrogen) atoms. The summed E-state index contributed by atoms with van der Waals surface area (Å²) in [6, 6.07) is 5.70. The van der Waals surface area contributed by atoms with E-state index in [4.69, 9.17) is 0 Å². The molecule has 0 saturated carbocycles. The predicted octanol–water partition coefficient (Wildman–Crippen LogP) is 2.48. The van der Waals surface area contributed by atoms with Crippen LogP contribution in [0, 0.1) is 0 Å². The Labute approximate surface area is 142 Å². The number of carbonyl (C=O) groups excluding carboxylic acids is 1. The fourth-order valence-electron chi connectivity index (χ4n) is 3.05. The van der Waals surface area contributed by atoms with Crippen molar-refractivity contribution < 1.29 is 4.79 Å². The Morgan fingerprint density at radius 3 is 2.67 bits per heavy atom. The monoisotopic (exact) mass is 327 g/mol. The highest BCUT2D eigenvalue weighted by atomic mass is 16.1. The van der Waals surface area contributed by atoms with Gasteiger partial charge in [0.15, 0.2) is 0 Å². The van der Waals surface area contributed by atoms with Gasteiger partial charge in [-0.15, -0.1) is 0 Å². The summed E-state index contributed by atoms with van der Waals surface area (Å²) in [5.74, 6) is 0.877. The van der Waals surface area contributed by atoms with Gasteiger partial charge in [-0.1, -0.05) is 12.8 Å². The molecule has 1 amide bonds. The Balaban J connectivity index is 1.57. The number of nitrogens with zero attached hydrogens (tertiary/aromatic N) is 4. The molecule has 0 bridgehead atoms. The maximum Gasteiger partial charge on any atom is 0.253 e. The van der Waals surface area contributed by atoms with Gasteiger partial charge in [0.1, 0.15) is 5.82 Å². The SMILES string of the molecule is C[C@@H](Cn1cccn1)NC(=O)c1ccc(N2CCCCCC2)nc1. The summed E-state index contributed by atoms with van der Waals surface area (Å²) in [7, 11) is 0. The van der Waals surface area contributed by atoms with E-state index in [0.717, 1.165) is 18.9 Å². The zero-order valence-electron chi connectivity index (χ0n) is 14.2. The molecule has 2 aromatic heterocycles. The molecule has 0 aromatic carbocycles. The molecule has 1 aliphatic heterocycles. The van der Waals surface area contributed by atoms with Gasteiger partial charge in [0.2, 0.25) is 0 Å². The first kappa shape index (κ1) is 16.5. The lowest BCUT2D eigenvalue weighted by Gasteiger charge is -2.21. The summed E-state index contributed by atoms with van der Waals surface area (Å²) in [5.41, 5.74) is 0.598. The first-order chi connectivity index (χ1) is 11.7. The van der Waals surface area contributed by atoms with Crippen molar-refractivity contribution in [2.24, 2.45) is 0 Å². The molecule has 0 unspecified atom stereocenters. The maximum absolute atomic E-state index is 12.3. The van der Waals surface area contributed by atoms with Crippen molar-refractivity contribution in [2.45, 2.75) is 45.2 Å². The van der Waals surface area contributed by atoms with Crippen LogP contribution in [0.3, 0.4) is 0 Å². The number of carbonyl (C=O) groups is 1. The van der Waals surface area contributed by atoms with Gasteiger partial charge < -0.3 is 10.2 Å². The standard InChI is InChI=1S/C18H25N5O/c1-15(14-23-12-6-9-20-23)21-18(24)16-7-8-17(19-13-16)22-10-4-2-3-5-11-22/h6-9,12-13,15H,2-5,10-11,14H2,1H3,(H,21,24)/t15-/m0/s1. The van der Waals surface area contributed by atoms with Crippen LogP contribution in [0.4, 0.5) is 5.82 Å². The van der Waals surface area contributed by atoms with Gasteiger partial charge in [0.05, 0.1) is 12.1 Å². The first-order valence-electron chi connectivity index (χ1n) is 8.71. The van der Waals surface area contributed by atoms with E-state index < -0.39 is 0 Å². The van der Waals surface area contributed by atoms with Gasteiger partial charge in [-0.2, -0.15) is 5.10 Å². The largest absolute Gasteiger partial charge is 0.357 e. The molecular weight excluding hydrogens is 302 g/mol. The molecule has 3 rings (SSSR count). The highest BCUT2D eigenvalue weighted by Gasteiger charge is 2.14. The van der Waals surface area contributed by atoms with Crippen LogP contribution < -0.4 is 10.2 Å². The van der Waals surface area contributed by atoms with E-state index in [-0.39, 0.29) is 11.9 Å². The summed E-state index contributed by atoms with van der Waals surface area (Å²) >= 11 is 0. The average Bonchev–Trinajstić information content (AvgIpc) is 2.94. The molecule has 1 saturated heterocycles. The summed E-state index contributed by atoms with van der Waals surface area (Å²) in [5, 5.41) is 7.14. The third kappa shape index (κ3) is 4.34. The van der Waals surface area contributed by atoms with Crippen molar-refractivity contribution in [2.75, 3.05) is 18.0 Å². The number of rotatable bonds is 5. The number of aromatic nitrogens is 3. The topological polar surface area (TPSA) is 63.1 Å². The van der Waals surface area contributed by atoms with E-state index >= 15 is 0 Å². The fraction of sp³-hybridized carbons (Fsp3) is 0.500. The maximum atomic E-state index is 12.3. The number of hydrogen-bond acceptors (Lipinski definition) is 4. The van der Waals surface area contributed by atoms with Gasteiger partial charge >= 0.3 is 0 Å². The quantitative estimate of drug-likeness (QED) is 0.916. The first-order valence-corrected chi connectivity index (χ1v) is 8.71. The van der Waals surface area contributed by atoms with Crippen LogP contribution in [0.2, 0.25) is 0 Å². The van der Waals surface area contributed by atoms with E-state index in [1.165, 1.54) is 25.7 Å². The highest BCUT2D eigenvalue weighted by Crippen LogP contribution is 2.17. The Kier molecular flexibility index (Phi) is 5.46. The molecule has 6 nitrogen and oxygen atoms in total. The zero-order valence-corrected chi connectivity index (χ0v) is 14.2. The van der Waals surface area contributed by atoms with Gasteiger partial charge in [-0.3, -0.25) is 9.48 Å². The Hall–Kier alpha value is -2.37. The number of hydrogen-bond donors (Lipinski definition) is 1. The Morgan fingerprint density at radius 2 is 2.04 bits per heavy atom. The van der Waals surface area contributed by atoms with Gasteiger partial charge in [-0.05, 0) is 38.0 Å². The Morgan fingerprint density at radius 1 is 1.25 bits per heavy atom. The smallest absolute Gasteiger partial charge is 0.253 e. The summed E-state index contributed by atoms with van der Waals surface area (Å²) < 4.78 is 1.81. The van der Waals surface area contributed by atoms with E-state index in [0.29, 0.717) is 12.1 Å². The van der Waals surface area contributed by atoms with Crippen LogP contribution in [0.5, 0.6) is 0 Å². The van der Waals surface area contributed by atoms with Crippen LogP contribution >= 0.6 is 0 Å². The summed E-state index contributed by atoms with van der Waals surface area (Å²) in [6.45, 7) is 4.73.